The lowest BCUT2D eigenvalue weighted by Gasteiger charge is -2.21. The Labute approximate surface area is 125 Å². The van der Waals surface area contributed by atoms with E-state index in [1.807, 2.05) is 34.6 Å². The molecule has 6 nitrogen and oxygen atoms in total. The van der Waals surface area contributed by atoms with Gasteiger partial charge < -0.3 is 20.5 Å². The van der Waals surface area contributed by atoms with Crippen molar-refractivity contribution in [3.63, 3.8) is 0 Å². The zero-order valence-electron chi connectivity index (χ0n) is 13.4. The molecule has 1 aromatic heterocycles. The molecule has 1 atom stereocenters. The number of amides is 1. The zero-order valence-corrected chi connectivity index (χ0v) is 13.4. The molecule has 0 spiro atoms. The van der Waals surface area contributed by atoms with Gasteiger partial charge in [-0.05, 0) is 46.8 Å². The highest BCUT2D eigenvalue weighted by molar-refractivity contribution is 5.67. The summed E-state index contributed by atoms with van der Waals surface area (Å²) in [5.41, 5.74) is 0.945. The molecule has 0 aliphatic carbocycles. The van der Waals surface area contributed by atoms with Crippen molar-refractivity contribution in [2.45, 2.75) is 52.8 Å². The number of pyridine rings is 1. The third kappa shape index (κ3) is 6.94. The Bertz CT molecular complexity index is 484. The number of rotatable bonds is 5. The minimum Gasteiger partial charge on any atom is -0.506 e. The smallest absolute Gasteiger partial charge is 0.407 e. The van der Waals surface area contributed by atoms with Gasteiger partial charge in [0.1, 0.15) is 11.4 Å². The van der Waals surface area contributed by atoms with E-state index in [2.05, 4.69) is 15.6 Å². The van der Waals surface area contributed by atoms with Gasteiger partial charge in [0, 0.05) is 24.8 Å². The van der Waals surface area contributed by atoms with Crippen LogP contribution in [0.2, 0.25) is 0 Å². The topological polar surface area (TPSA) is 83.5 Å². The van der Waals surface area contributed by atoms with E-state index < -0.39 is 11.7 Å². The van der Waals surface area contributed by atoms with E-state index >= 15 is 0 Å². The third-order valence-electron chi connectivity index (χ3n) is 2.66. The fraction of sp³-hybridized carbons (Fsp3) is 0.600. The molecule has 21 heavy (non-hydrogen) atoms. The first-order valence-corrected chi connectivity index (χ1v) is 7.03. The van der Waals surface area contributed by atoms with Gasteiger partial charge in [0.2, 0.25) is 0 Å². The molecule has 1 heterocycles. The molecule has 118 valence electrons. The van der Waals surface area contributed by atoms with Crippen LogP contribution in [0.25, 0.3) is 0 Å². The van der Waals surface area contributed by atoms with Crippen molar-refractivity contribution in [3.05, 3.63) is 23.5 Å². The van der Waals surface area contributed by atoms with Crippen LogP contribution < -0.4 is 10.6 Å². The second-order valence-electron chi connectivity index (χ2n) is 6.08. The average Bonchev–Trinajstić information content (AvgIpc) is 2.35. The highest BCUT2D eigenvalue weighted by Gasteiger charge is 2.16. The number of aromatic nitrogens is 1. The van der Waals surface area contributed by atoms with Gasteiger partial charge in [0.25, 0.3) is 0 Å². The molecule has 1 unspecified atom stereocenters. The normalized spacial score (nSPS) is 12.8. The van der Waals surface area contributed by atoms with Crippen molar-refractivity contribution < 1.29 is 14.6 Å². The fourth-order valence-electron chi connectivity index (χ4n) is 1.63. The van der Waals surface area contributed by atoms with Crippen LogP contribution in [0.4, 0.5) is 4.79 Å². The minimum atomic E-state index is -0.502. The molecule has 0 bridgehead atoms. The standard InChI is InChI=1S/C15H25N3O3/c1-10-6-7-13(19)12(18-10)9-16-11(2)8-17-14(20)21-15(3,4)5/h6-7,11,16,19H,8-9H2,1-5H3,(H,17,20). The number of nitrogens with one attached hydrogen (secondary N) is 2. The Morgan fingerprint density at radius 2 is 2.10 bits per heavy atom. The van der Waals surface area contributed by atoms with Gasteiger partial charge >= 0.3 is 6.09 Å². The molecule has 1 amide bonds. The first-order chi connectivity index (χ1) is 9.67. The van der Waals surface area contributed by atoms with E-state index in [1.54, 1.807) is 12.1 Å². The zero-order chi connectivity index (χ0) is 16.0. The highest BCUT2D eigenvalue weighted by atomic mass is 16.6. The van der Waals surface area contributed by atoms with Crippen molar-refractivity contribution in [3.8, 4) is 5.75 Å². The second-order valence-corrected chi connectivity index (χ2v) is 6.08. The van der Waals surface area contributed by atoms with Gasteiger partial charge in [0.05, 0.1) is 5.69 Å². The maximum atomic E-state index is 11.5. The van der Waals surface area contributed by atoms with Gasteiger partial charge in [-0.3, -0.25) is 4.98 Å². The molecule has 1 aromatic rings. The molecule has 0 saturated heterocycles. The van der Waals surface area contributed by atoms with E-state index in [4.69, 9.17) is 4.74 Å². The number of ether oxygens (including phenoxy) is 1. The molecular formula is C15H25N3O3. The number of nitrogens with zero attached hydrogens (tertiary/aromatic N) is 1. The van der Waals surface area contributed by atoms with E-state index in [-0.39, 0.29) is 11.8 Å². The average molecular weight is 295 g/mol. The van der Waals surface area contributed by atoms with Crippen LogP contribution in [0.5, 0.6) is 5.75 Å². The summed E-state index contributed by atoms with van der Waals surface area (Å²) in [4.78, 5) is 15.8. The maximum Gasteiger partial charge on any atom is 0.407 e. The second kappa shape index (κ2) is 7.26. The predicted molar refractivity (Wildman–Crippen MR) is 81.2 cm³/mol. The Morgan fingerprint density at radius 3 is 2.71 bits per heavy atom. The van der Waals surface area contributed by atoms with Gasteiger partial charge in [-0.2, -0.15) is 0 Å². The lowest BCUT2D eigenvalue weighted by molar-refractivity contribution is 0.0523. The Kier molecular flexibility index (Phi) is 5.96. The van der Waals surface area contributed by atoms with Crippen molar-refractivity contribution in [2.24, 2.45) is 0 Å². The van der Waals surface area contributed by atoms with E-state index in [1.165, 1.54) is 0 Å². The lowest BCUT2D eigenvalue weighted by Crippen LogP contribution is -2.41. The van der Waals surface area contributed by atoms with Crippen LogP contribution >= 0.6 is 0 Å². The summed E-state index contributed by atoms with van der Waals surface area (Å²) in [6, 6.07) is 3.41. The lowest BCUT2D eigenvalue weighted by atomic mass is 10.2. The summed E-state index contributed by atoms with van der Waals surface area (Å²) >= 11 is 0. The summed E-state index contributed by atoms with van der Waals surface area (Å²) in [6.07, 6.45) is -0.437. The third-order valence-corrected chi connectivity index (χ3v) is 2.66. The van der Waals surface area contributed by atoms with Crippen LogP contribution in [-0.4, -0.2) is 34.4 Å². The molecule has 0 aromatic carbocycles. The maximum absolute atomic E-state index is 11.5. The highest BCUT2D eigenvalue weighted by Crippen LogP contribution is 2.14. The van der Waals surface area contributed by atoms with Gasteiger partial charge in [-0.15, -0.1) is 0 Å². The van der Waals surface area contributed by atoms with E-state index in [0.717, 1.165) is 5.69 Å². The van der Waals surface area contributed by atoms with Crippen molar-refractivity contribution in [2.75, 3.05) is 6.54 Å². The quantitative estimate of drug-likeness (QED) is 0.775. The number of hydrogen-bond acceptors (Lipinski definition) is 5. The Balaban J connectivity index is 2.36. The molecule has 6 heteroatoms. The number of carbonyl (C=O) groups excluding carboxylic acids is 1. The predicted octanol–water partition coefficient (Wildman–Crippen LogP) is 2.10. The Morgan fingerprint density at radius 1 is 1.43 bits per heavy atom. The molecule has 0 fully saturated rings. The summed E-state index contributed by atoms with van der Waals surface area (Å²) in [7, 11) is 0. The first kappa shape index (κ1) is 17.2. The molecule has 0 radical (unpaired) electrons. The molecular weight excluding hydrogens is 270 g/mol. The van der Waals surface area contributed by atoms with Crippen molar-refractivity contribution in [1.82, 2.24) is 15.6 Å². The fourth-order valence-corrected chi connectivity index (χ4v) is 1.63. The van der Waals surface area contributed by atoms with E-state index in [9.17, 15) is 9.90 Å². The summed E-state index contributed by atoms with van der Waals surface area (Å²) in [5.74, 6) is 0.167. The molecule has 0 saturated carbocycles. The number of aromatic hydroxyl groups is 1. The molecule has 1 rings (SSSR count). The minimum absolute atomic E-state index is 0.0271. The van der Waals surface area contributed by atoms with Crippen LogP contribution in [0.1, 0.15) is 39.1 Å². The molecule has 0 aliphatic heterocycles. The van der Waals surface area contributed by atoms with E-state index in [0.29, 0.717) is 18.8 Å². The van der Waals surface area contributed by atoms with Crippen molar-refractivity contribution >= 4 is 6.09 Å². The van der Waals surface area contributed by atoms with Gasteiger partial charge in [-0.25, -0.2) is 4.79 Å². The SMILES string of the molecule is Cc1ccc(O)c(CNC(C)CNC(=O)OC(C)(C)C)n1. The Hall–Kier alpha value is -1.82. The van der Waals surface area contributed by atoms with Crippen LogP contribution in [0, 0.1) is 6.92 Å². The largest absolute Gasteiger partial charge is 0.506 e. The van der Waals surface area contributed by atoms with Crippen molar-refractivity contribution in [1.29, 1.82) is 0 Å². The summed E-state index contributed by atoms with van der Waals surface area (Å²) in [6.45, 7) is 10.1. The monoisotopic (exact) mass is 295 g/mol. The van der Waals surface area contributed by atoms with Crippen LogP contribution in [0.3, 0.4) is 0 Å². The summed E-state index contributed by atoms with van der Waals surface area (Å²) in [5, 5.41) is 15.6. The number of alkyl carbamates (subject to hydrolysis) is 1. The summed E-state index contributed by atoms with van der Waals surface area (Å²) < 4.78 is 5.16. The van der Waals surface area contributed by atoms with Crippen LogP contribution in [-0.2, 0) is 11.3 Å². The number of carbonyl (C=O) groups is 1. The molecule has 0 aliphatic rings. The molecule has 3 N–H and O–H groups in total. The van der Waals surface area contributed by atoms with Crippen LogP contribution in [0.15, 0.2) is 12.1 Å². The number of aryl methyl sites for hydroxylation is 1. The first-order valence-electron chi connectivity index (χ1n) is 7.03. The van der Waals surface area contributed by atoms with Gasteiger partial charge in [0.15, 0.2) is 0 Å². The van der Waals surface area contributed by atoms with Gasteiger partial charge in [-0.1, -0.05) is 0 Å². The number of hydrogen-bond donors (Lipinski definition) is 3.